The summed E-state index contributed by atoms with van der Waals surface area (Å²) in [5.41, 5.74) is 2.15. The smallest absolute Gasteiger partial charge is 0.317 e. The maximum absolute atomic E-state index is 12.4. The molecule has 6 heteroatoms. The van der Waals surface area contributed by atoms with E-state index in [4.69, 9.17) is 0 Å². The summed E-state index contributed by atoms with van der Waals surface area (Å²) in [7, 11) is 0. The number of urea groups is 1. The molecule has 6 nitrogen and oxygen atoms in total. The molecule has 1 aliphatic heterocycles. The molecule has 0 unspecified atom stereocenters. The Morgan fingerprint density at radius 1 is 1.22 bits per heavy atom. The molecule has 1 aromatic heterocycles. The first-order valence-corrected chi connectivity index (χ1v) is 8.36. The highest BCUT2D eigenvalue weighted by Gasteiger charge is 2.34. The van der Waals surface area contributed by atoms with E-state index in [1.54, 1.807) is 12.4 Å². The minimum Gasteiger partial charge on any atom is -0.341 e. The Kier molecular flexibility index (Phi) is 4.79. The molecule has 1 aromatic rings. The van der Waals surface area contributed by atoms with Crippen LogP contribution in [0.15, 0.2) is 18.5 Å². The van der Waals surface area contributed by atoms with Gasteiger partial charge in [0.25, 0.3) is 0 Å². The van der Waals surface area contributed by atoms with Gasteiger partial charge in [0.05, 0.1) is 0 Å². The van der Waals surface area contributed by atoms with Gasteiger partial charge in [-0.2, -0.15) is 0 Å². The SMILES string of the molecule is Cc1cnccc1CNC(=O)N1CCCN(C(=O)C2CC2)CC1. The first-order chi connectivity index (χ1) is 11.1. The third kappa shape index (κ3) is 4.00. The predicted octanol–water partition coefficient (Wildman–Crippen LogP) is 1.54. The third-order valence-corrected chi connectivity index (χ3v) is 4.59. The van der Waals surface area contributed by atoms with Crippen LogP contribution in [0.1, 0.15) is 30.4 Å². The molecule has 1 N–H and O–H groups in total. The summed E-state index contributed by atoms with van der Waals surface area (Å²) in [4.78, 5) is 32.3. The Bertz CT molecular complexity index is 586. The van der Waals surface area contributed by atoms with Gasteiger partial charge in [0, 0.05) is 51.0 Å². The summed E-state index contributed by atoms with van der Waals surface area (Å²) in [5.74, 6) is 0.532. The van der Waals surface area contributed by atoms with E-state index in [0.29, 0.717) is 26.2 Å². The molecule has 124 valence electrons. The van der Waals surface area contributed by atoms with Crippen LogP contribution in [0.4, 0.5) is 4.79 Å². The lowest BCUT2D eigenvalue weighted by Crippen LogP contribution is -2.42. The fourth-order valence-corrected chi connectivity index (χ4v) is 2.91. The highest BCUT2D eigenvalue weighted by Crippen LogP contribution is 2.31. The zero-order valence-corrected chi connectivity index (χ0v) is 13.6. The summed E-state index contributed by atoms with van der Waals surface area (Å²) in [6.07, 6.45) is 6.45. The Morgan fingerprint density at radius 3 is 2.70 bits per heavy atom. The maximum atomic E-state index is 12.4. The maximum Gasteiger partial charge on any atom is 0.317 e. The van der Waals surface area contributed by atoms with Crippen LogP contribution in [0.2, 0.25) is 0 Å². The summed E-state index contributed by atoms with van der Waals surface area (Å²) in [6.45, 7) is 5.23. The van der Waals surface area contributed by atoms with E-state index in [1.807, 2.05) is 22.8 Å². The number of carbonyl (C=O) groups excluding carboxylic acids is 2. The number of nitrogens with zero attached hydrogens (tertiary/aromatic N) is 3. The topological polar surface area (TPSA) is 65.5 Å². The van der Waals surface area contributed by atoms with Gasteiger partial charge in [-0.05, 0) is 43.4 Å². The molecule has 3 rings (SSSR count). The monoisotopic (exact) mass is 316 g/mol. The molecule has 0 radical (unpaired) electrons. The van der Waals surface area contributed by atoms with Gasteiger partial charge >= 0.3 is 6.03 Å². The van der Waals surface area contributed by atoms with E-state index >= 15 is 0 Å². The van der Waals surface area contributed by atoms with Gasteiger partial charge in [0.15, 0.2) is 0 Å². The van der Waals surface area contributed by atoms with Gasteiger partial charge in [0.1, 0.15) is 0 Å². The average Bonchev–Trinajstić information content (AvgIpc) is 3.39. The molecule has 2 heterocycles. The van der Waals surface area contributed by atoms with E-state index < -0.39 is 0 Å². The second kappa shape index (κ2) is 6.98. The molecule has 2 aliphatic rings. The number of hydrogen-bond donors (Lipinski definition) is 1. The normalized spacial score (nSPS) is 18.5. The number of hydrogen-bond acceptors (Lipinski definition) is 3. The number of nitrogens with one attached hydrogen (secondary N) is 1. The van der Waals surface area contributed by atoms with Crippen LogP contribution in [0, 0.1) is 12.8 Å². The molecule has 3 amide bonds. The summed E-state index contributed by atoms with van der Waals surface area (Å²) >= 11 is 0. The Morgan fingerprint density at radius 2 is 1.96 bits per heavy atom. The van der Waals surface area contributed by atoms with Crippen molar-refractivity contribution in [2.45, 2.75) is 32.7 Å². The van der Waals surface area contributed by atoms with Crippen LogP contribution < -0.4 is 5.32 Å². The Labute approximate surface area is 136 Å². The van der Waals surface area contributed by atoms with Crippen molar-refractivity contribution in [2.75, 3.05) is 26.2 Å². The molecule has 2 fully saturated rings. The van der Waals surface area contributed by atoms with Crippen molar-refractivity contribution in [2.24, 2.45) is 5.92 Å². The second-order valence-electron chi connectivity index (χ2n) is 6.40. The summed E-state index contributed by atoms with van der Waals surface area (Å²) < 4.78 is 0. The highest BCUT2D eigenvalue weighted by molar-refractivity contribution is 5.81. The number of amides is 3. The van der Waals surface area contributed by atoms with Crippen molar-refractivity contribution >= 4 is 11.9 Å². The largest absolute Gasteiger partial charge is 0.341 e. The van der Waals surface area contributed by atoms with Gasteiger partial charge in [-0.1, -0.05) is 0 Å². The molecule has 0 atom stereocenters. The predicted molar refractivity (Wildman–Crippen MR) is 86.7 cm³/mol. The van der Waals surface area contributed by atoms with Crippen LogP contribution >= 0.6 is 0 Å². The lowest BCUT2D eigenvalue weighted by molar-refractivity contribution is -0.132. The van der Waals surface area contributed by atoms with Crippen LogP contribution in [-0.2, 0) is 11.3 Å². The molecule has 23 heavy (non-hydrogen) atoms. The van der Waals surface area contributed by atoms with Gasteiger partial charge in [0.2, 0.25) is 5.91 Å². The lowest BCUT2D eigenvalue weighted by Gasteiger charge is -2.22. The van der Waals surface area contributed by atoms with Crippen molar-refractivity contribution in [3.8, 4) is 0 Å². The summed E-state index contributed by atoms with van der Waals surface area (Å²) in [6, 6.07) is 1.87. The minimum atomic E-state index is -0.0538. The van der Waals surface area contributed by atoms with Crippen LogP contribution in [0.25, 0.3) is 0 Å². The molecule has 0 bridgehead atoms. The zero-order valence-electron chi connectivity index (χ0n) is 13.6. The van der Waals surface area contributed by atoms with Crippen LogP contribution in [0.5, 0.6) is 0 Å². The van der Waals surface area contributed by atoms with E-state index in [9.17, 15) is 9.59 Å². The molecule has 0 aromatic carbocycles. The highest BCUT2D eigenvalue weighted by atomic mass is 16.2. The quantitative estimate of drug-likeness (QED) is 0.920. The molecule has 1 saturated heterocycles. The molecule has 0 spiro atoms. The van der Waals surface area contributed by atoms with E-state index in [1.165, 1.54) is 0 Å². The number of carbonyl (C=O) groups is 2. The van der Waals surface area contributed by atoms with E-state index in [-0.39, 0.29) is 17.9 Å². The number of rotatable bonds is 3. The minimum absolute atomic E-state index is 0.0538. The first-order valence-electron chi connectivity index (χ1n) is 8.36. The van der Waals surface area contributed by atoms with Crippen molar-refractivity contribution in [3.05, 3.63) is 29.6 Å². The van der Waals surface area contributed by atoms with E-state index in [2.05, 4.69) is 10.3 Å². The van der Waals surface area contributed by atoms with E-state index in [0.717, 1.165) is 36.9 Å². The van der Waals surface area contributed by atoms with Crippen LogP contribution in [-0.4, -0.2) is 52.9 Å². The number of aromatic nitrogens is 1. The standard InChI is InChI=1S/C17H24N4O2/c1-13-11-18-6-5-15(13)12-19-17(23)21-8-2-7-20(9-10-21)16(22)14-3-4-14/h5-6,11,14H,2-4,7-10,12H2,1H3,(H,19,23). The Hall–Kier alpha value is -2.11. The van der Waals surface area contributed by atoms with Crippen LogP contribution in [0.3, 0.4) is 0 Å². The number of pyridine rings is 1. The zero-order chi connectivity index (χ0) is 16.2. The fraction of sp³-hybridized carbons (Fsp3) is 0.588. The van der Waals surface area contributed by atoms with Gasteiger partial charge in [-0.3, -0.25) is 9.78 Å². The van der Waals surface area contributed by atoms with Gasteiger partial charge < -0.3 is 15.1 Å². The van der Waals surface area contributed by atoms with Crippen molar-refractivity contribution in [1.29, 1.82) is 0 Å². The molecule has 1 saturated carbocycles. The molecular formula is C17H24N4O2. The second-order valence-corrected chi connectivity index (χ2v) is 6.40. The third-order valence-electron chi connectivity index (χ3n) is 4.59. The molecule has 1 aliphatic carbocycles. The van der Waals surface area contributed by atoms with Crippen molar-refractivity contribution < 1.29 is 9.59 Å². The van der Waals surface area contributed by atoms with Gasteiger partial charge in [-0.25, -0.2) is 4.79 Å². The van der Waals surface area contributed by atoms with Gasteiger partial charge in [-0.15, -0.1) is 0 Å². The van der Waals surface area contributed by atoms with Crippen molar-refractivity contribution in [1.82, 2.24) is 20.1 Å². The molecular weight excluding hydrogens is 292 g/mol. The first kappa shape index (κ1) is 15.8. The Balaban J connectivity index is 1.49. The number of aryl methyl sites for hydroxylation is 1. The van der Waals surface area contributed by atoms with Crippen molar-refractivity contribution in [3.63, 3.8) is 0 Å². The lowest BCUT2D eigenvalue weighted by atomic mass is 10.1. The summed E-state index contributed by atoms with van der Waals surface area (Å²) in [5, 5.41) is 2.97. The average molecular weight is 316 g/mol. The fourth-order valence-electron chi connectivity index (χ4n) is 2.91.